The maximum Gasteiger partial charge on any atom is 0.469 e. The Bertz CT molecular complexity index is 3270. The van der Waals surface area contributed by atoms with Gasteiger partial charge in [-0.25, -0.2) is 17.4 Å². The molecule has 4 N–H and O–H groups in total. The number of piperidine rings is 1. The Morgan fingerprint density at radius 1 is 0.859 bits per heavy atom. The molecule has 0 spiro atoms. The second-order valence-corrected chi connectivity index (χ2v) is 26.8. The zero-order valence-corrected chi connectivity index (χ0v) is 48.4. The quantitative estimate of drug-likeness (QED) is 0.0203. The topological polar surface area (TPSA) is 209 Å². The number of halogens is 2. The lowest BCUT2D eigenvalue weighted by Gasteiger charge is -2.37. The number of nitrogens with one attached hydrogen (secondary N) is 2. The number of nitrogens with zero attached hydrogens (tertiary/aromatic N) is 5. The molecular formula is C55H67ClFN7O10P2S2. The molecule has 17 nitrogen and oxygen atoms in total. The molecule has 1 unspecified atom stereocenters. The fraction of sp³-hybridized carbons (Fsp3) is 0.382. The molecule has 23 heteroatoms. The zero-order valence-electron chi connectivity index (χ0n) is 44.3. The van der Waals surface area contributed by atoms with E-state index in [4.69, 9.17) is 30.4 Å². The van der Waals surface area contributed by atoms with Gasteiger partial charge in [-0.1, -0.05) is 41.9 Å². The first-order valence-electron chi connectivity index (χ1n) is 25.9. The number of nitro groups is 1. The lowest BCUT2D eigenvalue weighted by molar-refractivity contribution is -0.383. The van der Waals surface area contributed by atoms with Gasteiger partial charge >= 0.3 is 15.3 Å². The van der Waals surface area contributed by atoms with Crippen molar-refractivity contribution >= 4 is 82.3 Å². The number of phosphoric acid groups is 1. The molecule has 0 radical (unpaired) electrons. The average Bonchev–Trinajstić information content (AvgIpc) is 3.80. The van der Waals surface area contributed by atoms with E-state index in [2.05, 4.69) is 25.1 Å². The summed E-state index contributed by atoms with van der Waals surface area (Å²) < 4.78 is 81.5. The summed E-state index contributed by atoms with van der Waals surface area (Å²) in [4.78, 5) is 38.3. The number of anilines is 4. The van der Waals surface area contributed by atoms with Gasteiger partial charge in [-0.2, -0.15) is 0 Å². The van der Waals surface area contributed by atoms with Crippen molar-refractivity contribution < 1.29 is 45.7 Å². The van der Waals surface area contributed by atoms with Crippen LogP contribution in [-0.2, 0) is 28.0 Å². The van der Waals surface area contributed by atoms with Gasteiger partial charge < -0.3 is 44.0 Å². The molecule has 0 aliphatic carbocycles. The van der Waals surface area contributed by atoms with E-state index in [9.17, 15) is 27.7 Å². The van der Waals surface area contributed by atoms with Crippen LogP contribution in [0, 0.1) is 28.8 Å². The molecule has 2 fully saturated rings. The third-order valence-electron chi connectivity index (χ3n) is 14.1. The van der Waals surface area contributed by atoms with Gasteiger partial charge in [0.05, 0.1) is 34.0 Å². The maximum atomic E-state index is 15.8. The third-order valence-corrected chi connectivity index (χ3v) is 19.4. The van der Waals surface area contributed by atoms with Gasteiger partial charge in [-0.05, 0) is 156 Å². The molecule has 2 aliphatic heterocycles. The van der Waals surface area contributed by atoms with E-state index in [0.717, 1.165) is 42.1 Å². The van der Waals surface area contributed by atoms with Gasteiger partial charge in [0.25, 0.3) is 5.69 Å². The minimum atomic E-state index is -4.54. The summed E-state index contributed by atoms with van der Waals surface area (Å²) in [7, 11) is -12.2. The van der Waals surface area contributed by atoms with Gasteiger partial charge in [-0.3, -0.25) is 19.2 Å². The monoisotopic (exact) mass is 1170 g/mol. The summed E-state index contributed by atoms with van der Waals surface area (Å²) in [6, 6.07) is 33.3. The van der Waals surface area contributed by atoms with E-state index < -0.39 is 35.9 Å². The van der Waals surface area contributed by atoms with Crippen molar-refractivity contribution in [3.63, 3.8) is 0 Å². The number of hydrogen-bond donors (Lipinski definition) is 4. The van der Waals surface area contributed by atoms with Gasteiger partial charge in [0.15, 0.2) is 9.84 Å². The molecular weight excluding hydrogens is 1100 g/mol. The van der Waals surface area contributed by atoms with E-state index in [1.54, 1.807) is 62.0 Å². The minimum absolute atomic E-state index is 0.00139. The normalized spacial score (nSPS) is 16.1. The Hall–Kier alpha value is -5.24. The molecule has 8 rings (SSSR count). The Morgan fingerprint density at radius 2 is 1.51 bits per heavy atom. The smallest absolute Gasteiger partial charge is 0.376 e. The van der Waals surface area contributed by atoms with Crippen LogP contribution in [0.2, 0.25) is 5.02 Å². The van der Waals surface area contributed by atoms with Crippen LogP contribution in [-0.4, -0.2) is 110 Å². The van der Waals surface area contributed by atoms with Crippen molar-refractivity contribution in [2.75, 3.05) is 91.2 Å². The number of sulfone groups is 1. The number of rotatable bonds is 23. The fourth-order valence-electron chi connectivity index (χ4n) is 10.4. The highest BCUT2D eigenvalue weighted by atomic mass is 35.5. The lowest BCUT2D eigenvalue weighted by Crippen LogP contribution is -2.46. The average molecular weight is 1170 g/mol. The molecule has 0 saturated carbocycles. The molecule has 2 saturated heterocycles. The molecule has 78 heavy (non-hydrogen) atoms. The molecule has 6 aromatic rings. The SMILES string of the molecule is CCOP(=O)(Nc1ccc(N2CCN(c3cc(F)cc(-c4c(S(C)(=O)=O)c(C)n(C(C)C)c4-c4ccc(Cl)cc4)c3)CC2)cc1)c1ccc(N[C@H](CCN2CCC(COP(=O)(O)O)CC2)CSc2ccccc2)c([N+](=O)[O-])c1. The molecule has 3 heterocycles. The van der Waals surface area contributed by atoms with Gasteiger partial charge in [0, 0.05) is 101 Å². The standard InChI is InChI=1S/C55H67ClFN7O10P2S2/c1-6-73-75(67,49-20-21-51(52(35-49)64(65)66)58-46(37-77-50-10-8-7-9-11-50)24-27-60-25-22-40(23-26-60)36-74-76(68,69)70)59-45-16-18-47(19-17-45)61-28-30-62(31-29-61)48-33-42(32-44(57)34-48)53-54(41-12-14-43(56)15-13-41)63(38(2)3)39(4)55(53)78(5,71)72/h7-21,32-35,38,40,46,58H,6,22-31,36-37H2,1-5H3,(H,59,67)(H2,68,69,70)/t46-,75?/m1/s1. The molecule has 2 aliphatic rings. The number of phosphoric ester groups is 1. The number of likely N-dealkylation sites (tertiary alicyclic amines) is 1. The largest absolute Gasteiger partial charge is 0.469 e. The highest BCUT2D eigenvalue weighted by Crippen LogP contribution is 2.48. The predicted molar refractivity (Wildman–Crippen MR) is 311 cm³/mol. The first-order valence-corrected chi connectivity index (χ1v) is 32.3. The molecule has 2 atom stereocenters. The summed E-state index contributed by atoms with van der Waals surface area (Å²) in [5.41, 5.74) is 4.90. The third kappa shape index (κ3) is 14.8. The minimum Gasteiger partial charge on any atom is -0.376 e. The van der Waals surface area contributed by atoms with Gasteiger partial charge in [0.2, 0.25) is 0 Å². The summed E-state index contributed by atoms with van der Waals surface area (Å²) in [5, 5.41) is 19.9. The Kier molecular flexibility index (Phi) is 19.2. The first-order chi connectivity index (χ1) is 37.1. The summed E-state index contributed by atoms with van der Waals surface area (Å²) >= 11 is 7.91. The van der Waals surface area contributed by atoms with Gasteiger partial charge in [-0.15, -0.1) is 11.8 Å². The number of benzene rings is 5. The number of hydrogen-bond acceptors (Lipinski definition) is 13. The second kappa shape index (κ2) is 25.5. The molecule has 418 valence electrons. The van der Waals surface area contributed by atoms with Crippen LogP contribution in [0.5, 0.6) is 0 Å². The van der Waals surface area contributed by atoms with E-state index in [0.29, 0.717) is 83.8 Å². The number of piperazine rings is 1. The molecule has 5 aromatic carbocycles. The van der Waals surface area contributed by atoms with Crippen LogP contribution in [0.15, 0.2) is 125 Å². The van der Waals surface area contributed by atoms with E-state index >= 15 is 4.39 Å². The van der Waals surface area contributed by atoms with E-state index in [1.165, 1.54) is 24.5 Å². The lowest BCUT2D eigenvalue weighted by atomic mass is 9.97. The van der Waals surface area contributed by atoms with Crippen LogP contribution in [0.1, 0.15) is 51.8 Å². The maximum absolute atomic E-state index is 15.8. The van der Waals surface area contributed by atoms with Crippen LogP contribution in [0.4, 0.5) is 32.8 Å². The number of nitro benzene ring substituents is 1. The summed E-state index contributed by atoms with van der Waals surface area (Å²) in [6.07, 6.45) is 3.29. The Balaban J connectivity index is 0.950. The van der Waals surface area contributed by atoms with Crippen molar-refractivity contribution in [3.8, 4) is 22.4 Å². The fourth-order valence-corrected chi connectivity index (χ4v) is 14.9. The van der Waals surface area contributed by atoms with Crippen molar-refractivity contribution in [1.82, 2.24) is 9.47 Å². The van der Waals surface area contributed by atoms with Crippen molar-refractivity contribution in [1.29, 1.82) is 0 Å². The highest BCUT2D eigenvalue weighted by Gasteiger charge is 2.33. The number of thioether (sulfide) groups is 1. The molecule has 1 aromatic heterocycles. The van der Waals surface area contributed by atoms with Crippen molar-refractivity contribution in [2.45, 2.75) is 68.8 Å². The first kappa shape index (κ1) is 58.9. The Morgan fingerprint density at radius 3 is 2.12 bits per heavy atom. The van der Waals surface area contributed by atoms with Crippen LogP contribution >= 0.6 is 38.7 Å². The van der Waals surface area contributed by atoms with Gasteiger partial charge in [0.1, 0.15) is 11.5 Å². The zero-order chi connectivity index (χ0) is 55.9. The highest BCUT2D eigenvalue weighted by molar-refractivity contribution is 7.99. The van der Waals surface area contributed by atoms with Crippen LogP contribution in [0.3, 0.4) is 0 Å². The molecule has 0 bridgehead atoms. The summed E-state index contributed by atoms with van der Waals surface area (Å²) in [6.45, 7) is 11.9. The van der Waals surface area contributed by atoms with E-state index in [-0.39, 0.29) is 52.8 Å². The van der Waals surface area contributed by atoms with Crippen LogP contribution in [0.25, 0.3) is 22.4 Å². The van der Waals surface area contributed by atoms with Crippen molar-refractivity contribution in [3.05, 3.63) is 142 Å². The number of aromatic nitrogens is 1. The van der Waals surface area contributed by atoms with Crippen molar-refractivity contribution in [2.24, 2.45) is 5.92 Å². The van der Waals surface area contributed by atoms with Crippen LogP contribution < -0.4 is 25.5 Å². The second-order valence-electron chi connectivity index (χ2n) is 20.0. The predicted octanol–water partition coefficient (Wildman–Crippen LogP) is 11.9. The molecule has 0 amide bonds. The van der Waals surface area contributed by atoms with E-state index in [1.807, 2.05) is 79.1 Å². The Labute approximate surface area is 465 Å². The summed E-state index contributed by atoms with van der Waals surface area (Å²) in [5.74, 6) is 0.150.